The highest BCUT2D eigenvalue weighted by atomic mass is 32.1. The average molecular weight is 333 g/mol. The number of aryl methyl sites for hydroxylation is 1. The minimum atomic E-state index is -0.545. The molecule has 6 heteroatoms. The van der Waals surface area contributed by atoms with Crippen LogP contribution in [-0.4, -0.2) is 32.1 Å². The second kappa shape index (κ2) is 8.33. The molecule has 1 aromatic heterocycles. The molecule has 0 aliphatic heterocycles. The van der Waals surface area contributed by atoms with Crippen LogP contribution in [0.15, 0.2) is 35.7 Å². The summed E-state index contributed by atoms with van der Waals surface area (Å²) in [4.78, 5) is 24.8. The second-order valence-corrected chi connectivity index (χ2v) is 5.97. The van der Waals surface area contributed by atoms with E-state index >= 15 is 0 Å². The highest BCUT2D eigenvalue weighted by Crippen LogP contribution is 2.19. The average Bonchev–Trinajstić information content (AvgIpc) is 3.06. The molecule has 1 amide bonds. The van der Waals surface area contributed by atoms with Gasteiger partial charge in [-0.2, -0.15) is 0 Å². The van der Waals surface area contributed by atoms with E-state index in [1.54, 1.807) is 36.6 Å². The second-order valence-electron chi connectivity index (χ2n) is 4.94. The topological polar surface area (TPSA) is 64.6 Å². The summed E-state index contributed by atoms with van der Waals surface area (Å²) in [5.74, 6) is -0.245. The molecule has 0 unspecified atom stereocenters. The first-order valence-corrected chi connectivity index (χ1v) is 8.09. The van der Waals surface area contributed by atoms with Crippen LogP contribution in [0.4, 0.5) is 0 Å². The fourth-order valence-corrected chi connectivity index (χ4v) is 2.70. The number of benzene rings is 1. The smallest absolute Gasteiger partial charge is 0.338 e. The number of nitrogens with one attached hydrogen (secondary N) is 1. The number of carbonyl (C=O) groups is 2. The maximum atomic E-state index is 11.9. The molecule has 2 rings (SSSR count). The van der Waals surface area contributed by atoms with E-state index in [0.29, 0.717) is 17.9 Å². The number of methoxy groups -OCH3 is 1. The Morgan fingerprint density at radius 2 is 2.09 bits per heavy atom. The third-order valence-corrected chi connectivity index (χ3v) is 4.19. The predicted molar refractivity (Wildman–Crippen MR) is 89.0 cm³/mol. The summed E-state index contributed by atoms with van der Waals surface area (Å²) in [7, 11) is 1.54. The quantitative estimate of drug-likeness (QED) is 0.791. The van der Waals surface area contributed by atoms with Gasteiger partial charge in [-0.15, -0.1) is 11.3 Å². The normalized spacial score (nSPS) is 10.2. The summed E-state index contributed by atoms with van der Waals surface area (Å²) < 4.78 is 10.2. The summed E-state index contributed by atoms with van der Waals surface area (Å²) in [5.41, 5.74) is 1.29. The Kier molecular flexibility index (Phi) is 6.17. The van der Waals surface area contributed by atoms with E-state index in [9.17, 15) is 9.59 Å². The van der Waals surface area contributed by atoms with Gasteiger partial charge >= 0.3 is 5.97 Å². The first kappa shape index (κ1) is 17.0. The van der Waals surface area contributed by atoms with Crippen LogP contribution >= 0.6 is 11.3 Å². The molecule has 0 saturated heterocycles. The van der Waals surface area contributed by atoms with Crippen molar-refractivity contribution in [2.24, 2.45) is 0 Å². The molecular weight excluding hydrogens is 314 g/mol. The SMILES string of the molecule is COc1cc(C(=O)OCC(=O)NCCc2cccs2)ccc1C. The monoisotopic (exact) mass is 333 g/mol. The molecular formula is C17H19NO4S. The predicted octanol–water partition coefficient (Wildman–Crippen LogP) is 2.58. The van der Waals surface area contributed by atoms with Crippen molar-refractivity contribution in [2.45, 2.75) is 13.3 Å². The molecule has 2 aromatic rings. The Hall–Kier alpha value is -2.34. The van der Waals surface area contributed by atoms with Crippen molar-refractivity contribution in [1.82, 2.24) is 5.32 Å². The Morgan fingerprint density at radius 1 is 1.26 bits per heavy atom. The Labute approximate surface area is 139 Å². The first-order chi connectivity index (χ1) is 11.1. The number of thiophene rings is 1. The van der Waals surface area contributed by atoms with Crippen LogP contribution in [0, 0.1) is 6.92 Å². The van der Waals surface area contributed by atoms with Gasteiger partial charge in [-0.05, 0) is 42.5 Å². The molecule has 23 heavy (non-hydrogen) atoms. The molecule has 1 heterocycles. The van der Waals surface area contributed by atoms with Gasteiger partial charge < -0.3 is 14.8 Å². The zero-order valence-electron chi connectivity index (χ0n) is 13.1. The van der Waals surface area contributed by atoms with E-state index in [0.717, 1.165) is 12.0 Å². The zero-order chi connectivity index (χ0) is 16.7. The molecule has 0 aliphatic rings. The van der Waals surface area contributed by atoms with Gasteiger partial charge in [0.1, 0.15) is 5.75 Å². The van der Waals surface area contributed by atoms with Crippen molar-refractivity contribution in [2.75, 3.05) is 20.3 Å². The van der Waals surface area contributed by atoms with Gasteiger partial charge in [0.25, 0.3) is 5.91 Å². The van der Waals surface area contributed by atoms with Crippen LogP contribution in [-0.2, 0) is 16.0 Å². The van der Waals surface area contributed by atoms with Crippen molar-refractivity contribution in [3.8, 4) is 5.75 Å². The lowest BCUT2D eigenvalue weighted by Crippen LogP contribution is -2.30. The third kappa shape index (κ3) is 5.10. The van der Waals surface area contributed by atoms with Crippen molar-refractivity contribution in [3.05, 3.63) is 51.7 Å². The largest absolute Gasteiger partial charge is 0.496 e. The number of esters is 1. The summed E-state index contributed by atoms with van der Waals surface area (Å²) in [6.07, 6.45) is 0.770. The maximum absolute atomic E-state index is 11.9. The zero-order valence-corrected chi connectivity index (χ0v) is 13.9. The highest BCUT2D eigenvalue weighted by molar-refractivity contribution is 7.09. The summed E-state index contributed by atoms with van der Waals surface area (Å²) in [5, 5.41) is 4.72. The molecule has 0 atom stereocenters. The van der Waals surface area contributed by atoms with Crippen LogP contribution in [0.25, 0.3) is 0 Å². The van der Waals surface area contributed by atoms with E-state index < -0.39 is 5.97 Å². The van der Waals surface area contributed by atoms with Gasteiger partial charge in [0, 0.05) is 11.4 Å². The van der Waals surface area contributed by atoms with Gasteiger partial charge in [0.15, 0.2) is 6.61 Å². The number of hydrogen-bond acceptors (Lipinski definition) is 5. The molecule has 122 valence electrons. The molecule has 0 aliphatic carbocycles. The number of rotatable bonds is 7. The van der Waals surface area contributed by atoms with Gasteiger partial charge in [0.05, 0.1) is 12.7 Å². The molecule has 0 fully saturated rings. The lowest BCUT2D eigenvalue weighted by Gasteiger charge is -2.08. The molecule has 0 spiro atoms. The molecule has 1 N–H and O–H groups in total. The minimum Gasteiger partial charge on any atom is -0.496 e. The molecule has 0 saturated carbocycles. The fraction of sp³-hybridized carbons (Fsp3) is 0.294. The number of carbonyl (C=O) groups excluding carboxylic acids is 2. The first-order valence-electron chi connectivity index (χ1n) is 7.21. The van der Waals surface area contributed by atoms with Gasteiger partial charge in [0.2, 0.25) is 0 Å². The van der Waals surface area contributed by atoms with Gasteiger partial charge in [-0.3, -0.25) is 4.79 Å². The molecule has 1 aromatic carbocycles. The number of hydrogen-bond donors (Lipinski definition) is 1. The summed E-state index contributed by atoms with van der Waals surface area (Å²) in [6, 6.07) is 9.01. The molecule has 5 nitrogen and oxygen atoms in total. The lowest BCUT2D eigenvalue weighted by atomic mass is 10.1. The summed E-state index contributed by atoms with van der Waals surface area (Å²) in [6.45, 7) is 2.11. The molecule has 0 radical (unpaired) electrons. The lowest BCUT2D eigenvalue weighted by molar-refractivity contribution is -0.124. The van der Waals surface area contributed by atoms with Gasteiger partial charge in [-0.1, -0.05) is 12.1 Å². The standard InChI is InChI=1S/C17H19NO4S/c1-12-5-6-13(10-15(12)21-2)17(20)22-11-16(19)18-8-7-14-4-3-9-23-14/h3-6,9-10H,7-8,11H2,1-2H3,(H,18,19). The Bertz CT molecular complexity index is 667. The maximum Gasteiger partial charge on any atom is 0.338 e. The number of amides is 1. The third-order valence-electron chi connectivity index (χ3n) is 3.25. The van der Waals surface area contributed by atoms with E-state index in [1.165, 1.54) is 4.88 Å². The van der Waals surface area contributed by atoms with Gasteiger partial charge in [-0.25, -0.2) is 4.79 Å². The molecule has 0 bridgehead atoms. The van der Waals surface area contributed by atoms with E-state index in [4.69, 9.17) is 9.47 Å². The van der Waals surface area contributed by atoms with Crippen molar-refractivity contribution < 1.29 is 19.1 Å². The fourth-order valence-electron chi connectivity index (χ4n) is 1.99. The van der Waals surface area contributed by atoms with Crippen LogP contribution in [0.3, 0.4) is 0 Å². The Balaban J connectivity index is 1.76. The Morgan fingerprint density at radius 3 is 2.78 bits per heavy atom. The van der Waals surface area contributed by atoms with Crippen LogP contribution in [0.2, 0.25) is 0 Å². The van der Waals surface area contributed by atoms with Crippen LogP contribution in [0.1, 0.15) is 20.8 Å². The van der Waals surface area contributed by atoms with Crippen molar-refractivity contribution in [3.63, 3.8) is 0 Å². The number of ether oxygens (including phenoxy) is 2. The summed E-state index contributed by atoms with van der Waals surface area (Å²) >= 11 is 1.65. The van der Waals surface area contributed by atoms with Crippen LogP contribution in [0.5, 0.6) is 5.75 Å². The van der Waals surface area contributed by atoms with E-state index in [2.05, 4.69) is 5.32 Å². The van der Waals surface area contributed by atoms with Crippen molar-refractivity contribution >= 4 is 23.2 Å². The highest BCUT2D eigenvalue weighted by Gasteiger charge is 2.12. The van der Waals surface area contributed by atoms with Crippen molar-refractivity contribution in [1.29, 1.82) is 0 Å². The minimum absolute atomic E-state index is 0.292. The van der Waals surface area contributed by atoms with E-state index in [-0.39, 0.29) is 12.5 Å². The van der Waals surface area contributed by atoms with Crippen LogP contribution < -0.4 is 10.1 Å². The van der Waals surface area contributed by atoms with E-state index in [1.807, 2.05) is 24.4 Å².